The van der Waals surface area contributed by atoms with Crippen molar-refractivity contribution in [3.05, 3.63) is 19.2 Å². The summed E-state index contributed by atoms with van der Waals surface area (Å²) in [5, 5.41) is 0. The summed E-state index contributed by atoms with van der Waals surface area (Å²) in [5.41, 5.74) is 7.65. The molecule has 0 spiro atoms. The zero-order valence-electron chi connectivity index (χ0n) is 7.85. The second kappa shape index (κ2) is 4.24. The average Bonchev–Trinajstić information content (AvgIpc) is 2.47. The molecule has 1 aromatic heterocycles. The van der Waals surface area contributed by atoms with E-state index >= 15 is 0 Å². The Morgan fingerprint density at radius 1 is 1.21 bits per heavy atom. The summed E-state index contributed by atoms with van der Waals surface area (Å²) in [6.45, 7) is 0. The second-order valence-electron chi connectivity index (χ2n) is 3.95. The number of nitrogens with two attached hydrogens (primary N) is 1. The lowest BCUT2D eigenvalue weighted by atomic mass is 9.79. The summed E-state index contributed by atoms with van der Waals surface area (Å²) in [5.74, 6) is 0. The Bertz CT molecular complexity index is 329. The van der Waals surface area contributed by atoms with Crippen LogP contribution >= 0.6 is 43.2 Å². The van der Waals surface area contributed by atoms with Crippen LogP contribution in [-0.4, -0.2) is 0 Å². The number of hydrogen-bond donors (Lipinski definition) is 1. The van der Waals surface area contributed by atoms with Crippen molar-refractivity contribution in [3.63, 3.8) is 0 Å². The zero-order valence-corrected chi connectivity index (χ0v) is 11.8. The van der Waals surface area contributed by atoms with Crippen LogP contribution < -0.4 is 5.73 Å². The molecule has 1 nitrogen and oxygen atoms in total. The summed E-state index contributed by atoms with van der Waals surface area (Å²) in [4.78, 5) is 0. The Hall–Kier alpha value is 0.620. The van der Waals surface area contributed by atoms with E-state index in [1.54, 1.807) is 11.3 Å². The lowest BCUT2D eigenvalue weighted by Gasteiger charge is -2.33. The highest BCUT2D eigenvalue weighted by atomic mass is 79.9. The van der Waals surface area contributed by atoms with E-state index in [2.05, 4.69) is 37.9 Å². The minimum Gasteiger partial charge on any atom is -0.321 e. The van der Waals surface area contributed by atoms with Crippen molar-refractivity contribution in [2.24, 2.45) is 5.73 Å². The van der Waals surface area contributed by atoms with E-state index in [-0.39, 0.29) is 5.54 Å². The summed E-state index contributed by atoms with van der Waals surface area (Å²) >= 11 is 8.82. The Balaban J connectivity index is 2.32. The maximum atomic E-state index is 6.45. The highest BCUT2D eigenvalue weighted by molar-refractivity contribution is 9.12. The topological polar surface area (TPSA) is 26.0 Å². The Morgan fingerprint density at radius 3 is 2.36 bits per heavy atom. The molecule has 0 radical (unpaired) electrons. The molecule has 0 amide bonds. The predicted molar refractivity (Wildman–Crippen MR) is 68.7 cm³/mol. The monoisotopic (exact) mass is 337 g/mol. The number of thiophene rings is 1. The van der Waals surface area contributed by atoms with E-state index in [4.69, 9.17) is 5.73 Å². The SMILES string of the molecule is NC1(c2cc(Br)sc2Br)CCCCC1. The fourth-order valence-corrected chi connectivity index (χ4v) is 5.25. The molecule has 14 heavy (non-hydrogen) atoms. The van der Waals surface area contributed by atoms with Crippen LogP contribution in [0, 0.1) is 0 Å². The zero-order chi connectivity index (χ0) is 10.2. The van der Waals surface area contributed by atoms with Gasteiger partial charge in [-0.15, -0.1) is 11.3 Å². The van der Waals surface area contributed by atoms with Crippen molar-refractivity contribution in [2.45, 2.75) is 37.6 Å². The van der Waals surface area contributed by atoms with Crippen molar-refractivity contribution in [3.8, 4) is 0 Å². The third-order valence-electron chi connectivity index (χ3n) is 2.94. The number of hydrogen-bond acceptors (Lipinski definition) is 2. The van der Waals surface area contributed by atoms with Crippen molar-refractivity contribution >= 4 is 43.2 Å². The molecule has 1 saturated carbocycles. The van der Waals surface area contributed by atoms with E-state index in [0.29, 0.717) is 0 Å². The molecular weight excluding hydrogens is 326 g/mol. The Labute approximate surface area is 105 Å². The van der Waals surface area contributed by atoms with Crippen molar-refractivity contribution < 1.29 is 0 Å². The van der Waals surface area contributed by atoms with Gasteiger partial charge in [-0.05, 0) is 56.3 Å². The van der Waals surface area contributed by atoms with Crippen LogP contribution in [0.25, 0.3) is 0 Å². The van der Waals surface area contributed by atoms with Crippen LogP contribution in [0.15, 0.2) is 13.6 Å². The lowest BCUT2D eigenvalue weighted by molar-refractivity contribution is 0.302. The molecule has 2 N–H and O–H groups in total. The fourth-order valence-electron chi connectivity index (χ4n) is 2.13. The predicted octanol–water partition coefficient (Wildman–Crippen LogP) is 4.39. The first-order valence-corrected chi connectivity index (χ1v) is 7.26. The fraction of sp³-hybridized carbons (Fsp3) is 0.600. The van der Waals surface area contributed by atoms with Crippen LogP contribution in [0.5, 0.6) is 0 Å². The number of halogens is 2. The highest BCUT2D eigenvalue weighted by Gasteiger charge is 2.32. The lowest BCUT2D eigenvalue weighted by Crippen LogP contribution is -2.38. The molecule has 0 saturated heterocycles. The minimum atomic E-state index is -0.0837. The van der Waals surface area contributed by atoms with Crippen LogP contribution in [0.1, 0.15) is 37.7 Å². The van der Waals surface area contributed by atoms with Gasteiger partial charge in [-0.1, -0.05) is 19.3 Å². The van der Waals surface area contributed by atoms with Gasteiger partial charge in [0.15, 0.2) is 0 Å². The smallest absolute Gasteiger partial charge is 0.0761 e. The van der Waals surface area contributed by atoms with E-state index in [1.165, 1.54) is 28.6 Å². The van der Waals surface area contributed by atoms with Gasteiger partial charge < -0.3 is 5.73 Å². The van der Waals surface area contributed by atoms with Crippen molar-refractivity contribution in [1.29, 1.82) is 0 Å². The molecule has 0 aliphatic heterocycles. The van der Waals surface area contributed by atoms with Crippen LogP contribution in [-0.2, 0) is 5.54 Å². The van der Waals surface area contributed by atoms with Gasteiger partial charge in [-0.25, -0.2) is 0 Å². The van der Waals surface area contributed by atoms with Gasteiger partial charge in [0.25, 0.3) is 0 Å². The van der Waals surface area contributed by atoms with Gasteiger partial charge in [0.2, 0.25) is 0 Å². The molecule has 1 aliphatic carbocycles. The normalized spacial score (nSPS) is 21.1. The molecule has 0 aromatic carbocycles. The van der Waals surface area contributed by atoms with Gasteiger partial charge >= 0.3 is 0 Å². The summed E-state index contributed by atoms with van der Waals surface area (Å²) in [7, 11) is 0. The average molecular weight is 339 g/mol. The highest BCUT2D eigenvalue weighted by Crippen LogP contribution is 2.43. The van der Waals surface area contributed by atoms with Crippen LogP contribution in [0.3, 0.4) is 0 Å². The maximum absolute atomic E-state index is 6.45. The first-order valence-electron chi connectivity index (χ1n) is 4.86. The van der Waals surface area contributed by atoms with Crippen LogP contribution in [0.4, 0.5) is 0 Å². The Kier molecular flexibility index (Phi) is 3.37. The Morgan fingerprint density at radius 2 is 1.86 bits per heavy atom. The standard InChI is InChI=1S/C10H13Br2NS/c11-8-6-7(9(12)14-8)10(13)4-2-1-3-5-10/h6H,1-5,13H2. The molecule has 1 aromatic rings. The molecule has 0 atom stereocenters. The molecule has 78 valence electrons. The molecule has 0 unspecified atom stereocenters. The van der Waals surface area contributed by atoms with Crippen LogP contribution in [0.2, 0.25) is 0 Å². The third-order valence-corrected chi connectivity index (χ3v) is 5.28. The molecule has 0 bridgehead atoms. The molecular formula is C10H13Br2NS. The molecule has 4 heteroatoms. The van der Waals surface area contributed by atoms with Gasteiger partial charge in [0, 0.05) is 5.54 Å². The first-order chi connectivity index (χ1) is 6.62. The molecule has 2 rings (SSSR count). The van der Waals surface area contributed by atoms with E-state index in [0.717, 1.165) is 16.6 Å². The summed E-state index contributed by atoms with van der Waals surface area (Å²) < 4.78 is 2.35. The number of rotatable bonds is 1. The van der Waals surface area contributed by atoms with Gasteiger partial charge in [0.1, 0.15) is 0 Å². The third kappa shape index (κ3) is 2.08. The summed E-state index contributed by atoms with van der Waals surface area (Å²) in [6.07, 6.45) is 6.10. The molecule has 1 heterocycles. The summed E-state index contributed by atoms with van der Waals surface area (Å²) in [6, 6.07) is 2.17. The van der Waals surface area contributed by atoms with E-state index < -0.39 is 0 Å². The van der Waals surface area contributed by atoms with E-state index in [9.17, 15) is 0 Å². The van der Waals surface area contributed by atoms with Gasteiger partial charge in [-0.3, -0.25) is 0 Å². The van der Waals surface area contributed by atoms with Gasteiger partial charge in [-0.2, -0.15) is 0 Å². The molecule has 1 fully saturated rings. The maximum Gasteiger partial charge on any atom is 0.0761 e. The quantitative estimate of drug-likeness (QED) is 0.807. The van der Waals surface area contributed by atoms with E-state index in [1.807, 2.05) is 0 Å². The largest absolute Gasteiger partial charge is 0.321 e. The first kappa shape index (κ1) is 11.1. The van der Waals surface area contributed by atoms with Crippen molar-refractivity contribution in [1.82, 2.24) is 0 Å². The van der Waals surface area contributed by atoms with Gasteiger partial charge in [0.05, 0.1) is 7.57 Å². The second-order valence-corrected chi connectivity index (χ2v) is 7.70. The minimum absolute atomic E-state index is 0.0837. The molecule has 1 aliphatic rings. The van der Waals surface area contributed by atoms with Crippen molar-refractivity contribution in [2.75, 3.05) is 0 Å².